The Morgan fingerprint density at radius 2 is 1.95 bits per heavy atom. The van der Waals surface area contributed by atoms with E-state index in [1.54, 1.807) is 7.11 Å². The van der Waals surface area contributed by atoms with Crippen LogP contribution >= 0.6 is 0 Å². The number of hydrogen-bond donors (Lipinski definition) is 1. The highest BCUT2D eigenvalue weighted by Crippen LogP contribution is 2.19. The molecule has 2 aromatic rings. The van der Waals surface area contributed by atoms with Crippen molar-refractivity contribution in [3.8, 4) is 5.75 Å². The van der Waals surface area contributed by atoms with Crippen LogP contribution in [0, 0.1) is 0 Å². The second-order valence-corrected chi connectivity index (χ2v) is 5.06. The van der Waals surface area contributed by atoms with Gasteiger partial charge in [-0.3, -0.25) is 4.98 Å². The largest absolute Gasteiger partial charge is 0.497 e. The summed E-state index contributed by atoms with van der Waals surface area (Å²) in [5, 5.41) is 3.36. The molecule has 0 saturated carbocycles. The first-order valence-corrected chi connectivity index (χ1v) is 7.26. The quantitative estimate of drug-likeness (QED) is 0.844. The highest BCUT2D eigenvalue weighted by molar-refractivity contribution is 5.55. The first-order valence-electron chi connectivity index (χ1n) is 7.26. The fraction of sp³-hybridized carbons (Fsp3) is 0.353. The van der Waals surface area contributed by atoms with Crippen molar-refractivity contribution in [2.45, 2.75) is 19.9 Å². The van der Waals surface area contributed by atoms with E-state index in [9.17, 15) is 0 Å². The van der Waals surface area contributed by atoms with E-state index in [1.807, 2.05) is 24.5 Å². The summed E-state index contributed by atoms with van der Waals surface area (Å²) in [5.41, 5.74) is 3.41. The molecular weight excluding hydrogens is 262 g/mol. The van der Waals surface area contributed by atoms with Gasteiger partial charge in [-0.25, -0.2) is 0 Å². The van der Waals surface area contributed by atoms with E-state index < -0.39 is 0 Å². The minimum absolute atomic E-state index is 0.836. The first-order chi connectivity index (χ1) is 10.2. The maximum Gasteiger partial charge on any atom is 0.118 e. The fourth-order valence-corrected chi connectivity index (χ4v) is 2.10. The zero-order valence-electron chi connectivity index (χ0n) is 13.0. The van der Waals surface area contributed by atoms with Crippen LogP contribution in [-0.2, 0) is 6.54 Å². The van der Waals surface area contributed by atoms with Gasteiger partial charge >= 0.3 is 0 Å². The molecule has 0 spiro atoms. The van der Waals surface area contributed by atoms with Crippen molar-refractivity contribution in [3.05, 3.63) is 48.3 Å². The maximum absolute atomic E-state index is 5.18. The van der Waals surface area contributed by atoms with Crippen LogP contribution in [0.15, 0.2) is 42.7 Å². The van der Waals surface area contributed by atoms with E-state index in [0.29, 0.717) is 0 Å². The summed E-state index contributed by atoms with van der Waals surface area (Å²) in [6, 6.07) is 10.3. The van der Waals surface area contributed by atoms with Gasteiger partial charge in [0.25, 0.3) is 0 Å². The summed E-state index contributed by atoms with van der Waals surface area (Å²) >= 11 is 0. The lowest BCUT2D eigenvalue weighted by molar-refractivity contribution is 0.414. The highest BCUT2D eigenvalue weighted by atomic mass is 16.5. The number of anilines is 2. The Morgan fingerprint density at radius 3 is 2.62 bits per heavy atom. The van der Waals surface area contributed by atoms with Crippen molar-refractivity contribution in [2.24, 2.45) is 0 Å². The zero-order valence-corrected chi connectivity index (χ0v) is 13.0. The van der Waals surface area contributed by atoms with Crippen LogP contribution < -0.4 is 15.0 Å². The minimum atomic E-state index is 0.836. The Kier molecular flexibility index (Phi) is 5.43. The molecule has 1 aromatic carbocycles. The third-order valence-corrected chi connectivity index (χ3v) is 3.32. The van der Waals surface area contributed by atoms with Crippen LogP contribution in [0.5, 0.6) is 5.75 Å². The molecule has 0 aliphatic heterocycles. The summed E-state index contributed by atoms with van der Waals surface area (Å²) in [6.45, 7) is 3.95. The van der Waals surface area contributed by atoms with E-state index in [1.165, 1.54) is 5.56 Å². The Bertz CT molecular complexity index is 554. The Hall–Kier alpha value is -2.23. The van der Waals surface area contributed by atoms with Gasteiger partial charge in [0.05, 0.1) is 30.9 Å². The van der Waals surface area contributed by atoms with Crippen LogP contribution in [0.25, 0.3) is 0 Å². The summed E-state index contributed by atoms with van der Waals surface area (Å²) in [5.74, 6) is 0.883. The number of nitrogens with one attached hydrogen (secondary N) is 1. The molecule has 1 heterocycles. The number of ether oxygens (including phenoxy) is 1. The average molecular weight is 285 g/mol. The first kappa shape index (κ1) is 15.2. The van der Waals surface area contributed by atoms with Gasteiger partial charge in [0.2, 0.25) is 0 Å². The molecule has 0 amide bonds. The maximum atomic E-state index is 5.18. The summed E-state index contributed by atoms with van der Waals surface area (Å²) in [6.07, 6.45) is 4.85. The van der Waals surface area contributed by atoms with Crippen molar-refractivity contribution in [2.75, 3.05) is 30.9 Å². The molecule has 1 N–H and O–H groups in total. The smallest absolute Gasteiger partial charge is 0.118 e. The normalized spacial score (nSPS) is 10.2. The number of pyridine rings is 1. The molecule has 112 valence electrons. The van der Waals surface area contributed by atoms with Gasteiger partial charge in [0, 0.05) is 20.1 Å². The molecule has 0 fully saturated rings. The van der Waals surface area contributed by atoms with Crippen molar-refractivity contribution in [1.29, 1.82) is 0 Å². The molecule has 2 rings (SSSR count). The van der Waals surface area contributed by atoms with Gasteiger partial charge < -0.3 is 15.0 Å². The molecule has 21 heavy (non-hydrogen) atoms. The Morgan fingerprint density at radius 1 is 1.19 bits per heavy atom. The standard InChI is InChI=1S/C17H23N3O/c1-4-9-19-15-10-16(12-18-11-15)20(2)13-14-5-7-17(21-3)8-6-14/h5-8,10-12,19H,4,9,13H2,1-3H3. The molecule has 1 aromatic heterocycles. The van der Waals surface area contributed by atoms with Crippen LogP contribution in [-0.4, -0.2) is 25.7 Å². The number of nitrogens with zero attached hydrogens (tertiary/aromatic N) is 2. The molecule has 0 bridgehead atoms. The molecule has 4 heteroatoms. The summed E-state index contributed by atoms with van der Waals surface area (Å²) in [4.78, 5) is 6.49. The molecule has 4 nitrogen and oxygen atoms in total. The third kappa shape index (κ3) is 4.38. The van der Waals surface area contributed by atoms with Crippen LogP contribution in [0.4, 0.5) is 11.4 Å². The van der Waals surface area contributed by atoms with Gasteiger partial charge in [-0.2, -0.15) is 0 Å². The number of methoxy groups -OCH3 is 1. The lowest BCUT2D eigenvalue weighted by Gasteiger charge is -2.20. The zero-order chi connectivity index (χ0) is 15.1. The number of rotatable bonds is 7. The molecule has 0 atom stereocenters. The monoisotopic (exact) mass is 285 g/mol. The van der Waals surface area contributed by atoms with Crippen LogP contribution in [0.2, 0.25) is 0 Å². The molecule has 0 radical (unpaired) electrons. The second kappa shape index (κ2) is 7.53. The number of aromatic nitrogens is 1. The van der Waals surface area contributed by atoms with Gasteiger partial charge in [-0.1, -0.05) is 19.1 Å². The minimum Gasteiger partial charge on any atom is -0.497 e. The van der Waals surface area contributed by atoms with Gasteiger partial charge in [-0.05, 0) is 30.2 Å². The molecule has 0 unspecified atom stereocenters. The molecule has 0 aliphatic rings. The van der Waals surface area contributed by atoms with E-state index in [-0.39, 0.29) is 0 Å². The Labute approximate surface area is 126 Å². The predicted molar refractivity (Wildman–Crippen MR) is 88.1 cm³/mol. The Balaban J connectivity index is 2.03. The summed E-state index contributed by atoms with van der Waals surface area (Å²) in [7, 11) is 3.76. The van der Waals surface area contributed by atoms with Crippen molar-refractivity contribution >= 4 is 11.4 Å². The van der Waals surface area contributed by atoms with Gasteiger partial charge in [-0.15, -0.1) is 0 Å². The number of hydrogen-bond acceptors (Lipinski definition) is 4. The second-order valence-electron chi connectivity index (χ2n) is 5.06. The van der Waals surface area contributed by atoms with Crippen molar-refractivity contribution < 1.29 is 4.74 Å². The molecule has 0 aliphatic carbocycles. The lowest BCUT2D eigenvalue weighted by atomic mass is 10.2. The molecular formula is C17H23N3O. The average Bonchev–Trinajstić information content (AvgIpc) is 2.54. The topological polar surface area (TPSA) is 37.4 Å². The van der Waals surface area contributed by atoms with Crippen LogP contribution in [0.1, 0.15) is 18.9 Å². The van der Waals surface area contributed by atoms with Crippen molar-refractivity contribution in [1.82, 2.24) is 4.98 Å². The van der Waals surface area contributed by atoms with Gasteiger partial charge in [0.15, 0.2) is 0 Å². The van der Waals surface area contributed by atoms with Gasteiger partial charge in [0.1, 0.15) is 5.75 Å². The summed E-state index contributed by atoms with van der Waals surface area (Å²) < 4.78 is 5.18. The van der Waals surface area contributed by atoms with Crippen molar-refractivity contribution in [3.63, 3.8) is 0 Å². The van der Waals surface area contributed by atoms with Crippen LogP contribution in [0.3, 0.4) is 0 Å². The van der Waals surface area contributed by atoms with E-state index in [0.717, 1.165) is 36.6 Å². The number of benzene rings is 1. The lowest BCUT2D eigenvalue weighted by Crippen LogP contribution is -2.16. The van der Waals surface area contributed by atoms with E-state index >= 15 is 0 Å². The molecule has 0 saturated heterocycles. The van der Waals surface area contributed by atoms with E-state index in [4.69, 9.17) is 4.74 Å². The SMILES string of the molecule is CCCNc1cncc(N(C)Cc2ccc(OC)cc2)c1. The highest BCUT2D eigenvalue weighted by Gasteiger charge is 2.04. The third-order valence-electron chi connectivity index (χ3n) is 3.32. The predicted octanol–water partition coefficient (Wildman–Crippen LogP) is 3.55. The fourth-order valence-electron chi connectivity index (χ4n) is 2.10. The van der Waals surface area contributed by atoms with E-state index in [2.05, 4.69) is 47.4 Å².